The Morgan fingerprint density at radius 2 is 1.44 bits per heavy atom. The minimum atomic E-state index is -3.54. The van der Waals surface area contributed by atoms with Crippen LogP contribution in [0.3, 0.4) is 0 Å². The van der Waals surface area contributed by atoms with E-state index in [2.05, 4.69) is 57.6 Å². The summed E-state index contributed by atoms with van der Waals surface area (Å²) in [5.41, 5.74) is 12.3. The van der Waals surface area contributed by atoms with Crippen molar-refractivity contribution in [3.63, 3.8) is 0 Å². The molecule has 0 unspecified atom stereocenters. The minimum Gasteiger partial charge on any atom is -0.321 e. The van der Waals surface area contributed by atoms with Gasteiger partial charge in [0, 0.05) is 0 Å². The van der Waals surface area contributed by atoms with Crippen molar-refractivity contribution in [3.8, 4) is 0 Å². The minimum absolute atomic E-state index is 0.265. The first-order valence-electron chi connectivity index (χ1n) is 10.3. The summed E-state index contributed by atoms with van der Waals surface area (Å²) in [6, 6.07) is 17.3. The first-order chi connectivity index (χ1) is 14.7. The zero-order valence-electron chi connectivity index (χ0n) is 19.4. The fourth-order valence-corrected chi connectivity index (χ4v) is 5.75. The maximum atomic E-state index is 11.7. The van der Waals surface area contributed by atoms with Crippen LogP contribution >= 0.6 is 11.6 Å². The van der Waals surface area contributed by atoms with Crippen LogP contribution in [0.4, 0.5) is 0 Å². The molecule has 0 spiro atoms. The molecular weight excluding hydrogens is 531 g/mol. The summed E-state index contributed by atoms with van der Waals surface area (Å²) in [4.78, 5) is -1.45. The Morgan fingerprint density at radius 1 is 0.969 bits per heavy atom. The summed E-state index contributed by atoms with van der Waals surface area (Å²) < 4.78 is 27.3. The van der Waals surface area contributed by atoms with E-state index in [1.54, 1.807) is 24.3 Å². The van der Waals surface area contributed by atoms with Gasteiger partial charge in [-0.1, -0.05) is 72.3 Å². The second-order valence-electron chi connectivity index (χ2n) is 8.63. The molecule has 0 saturated carbocycles. The third kappa shape index (κ3) is 5.98. The van der Waals surface area contributed by atoms with Crippen molar-refractivity contribution in [1.29, 1.82) is 0 Å². The maximum Gasteiger partial charge on any atom is 0.210 e. The quantitative estimate of drug-likeness (QED) is 0.287. The first-order valence-corrected chi connectivity index (χ1v) is 13.4. The molecule has 3 rings (SSSR count). The number of sulfonamides is 1. The third-order valence-electron chi connectivity index (χ3n) is 6.01. The molecule has 3 N–H and O–H groups in total. The molecule has 0 saturated heterocycles. The van der Waals surface area contributed by atoms with Gasteiger partial charge < -0.3 is 5.73 Å². The number of benzene rings is 2. The molecule has 2 atom stereocenters. The van der Waals surface area contributed by atoms with Crippen LogP contribution in [0, 0.1) is 5.41 Å². The number of alkyl halides is 1. The van der Waals surface area contributed by atoms with E-state index in [1.807, 2.05) is 36.4 Å². The number of nitrogens with one attached hydrogen (secondary N) is 1. The molecule has 32 heavy (non-hydrogen) atoms. The van der Waals surface area contributed by atoms with Gasteiger partial charge in [-0.3, -0.25) is 0 Å². The Morgan fingerprint density at radius 3 is 1.78 bits per heavy atom. The van der Waals surface area contributed by atoms with E-state index in [-0.39, 0.29) is 5.41 Å². The van der Waals surface area contributed by atoms with E-state index >= 15 is 0 Å². The summed E-state index contributed by atoms with van der Waals surface area (Å²) >= 11 is 9.68. The summed E-state index contributed by atoms with van der Waals surface area (Å²) in [6.07, 6.45) is 1.06. The number of hydrogen-bond acceptors (Lipinski definition) is 3. The van der Waals surface area contributed by atoms with Crippen LogP contribution in [0.25, 0.3) is 0 Å². The Kier molecular flexibility index (Phi) is 8.69. The van der Waals surface area contributed by atoms with Gasteiger partial charge in [-0.2, -0.15) is 4.72 Å². The van der Waals surface area contributed by atoms with Crippen LogP contribution in [-0.4, -0.2) is 14.7 Å². The van der Waals surface area contributed by atoms with Crippen molar-refractivity contribution in [2.45, 2.75) is 45.7 Å². The van der Waals surface area contributed by atoms with Gasteiger partial charge >= 0.3 is 79.2 Å². The Labute approximate surface area is 208 Å². The van der Waals surface area contributed by atoms with Gasteiger partial charge in [0.25, 0.3) is 0 Å². The van der Waals surface area contributed by atoms with Gasteiger partial charge in [-0.05, 0) is 11.1 Å². The monoisotopic (exact) mass is 562 g/mol. The second kappa shape index (κ2) is 10.3. The molecule has 4 nitrogen and oxygen atoms in total. The van der Waals surface area contributed by atoms with Crippen molar-refractivity contribution in [2.75, 3.05) is 6.26 Å². The Balaban J connectivity index is 0.000000278. The maximum absolute atomic E-state index is 11.7. The van der Waals surface area contributed by atoms with Gasteiger partial charge in [-0.15, -0.1) is 0 Å². The smallest absolute Gasteiger partial charge is 0.210 e. The number of allylic oxidation sites excluding steroid dienone is 4. The zero-order valence-corrected chi connectivity index (χ0v) is 22.6. The van der Waals surface area contributed by atoms with Crippen LogP contribution in [0.5, 0.6) is 0 Å². The van der Waals surface area contributed by atoms with Crippen LogP contribution in [0.1, 0.15) is 51.8 Å². The molecular formula is C25H32ClN2O2RhS. The topological polar surface area (TPSA) is 72.2 Å². The largest absolute Gasteiger partial charge is 0.321 e. The molecule has 1 aliphatic rings. The molecule has 0 aliphatic heterocycles. The van der Waals surface area contributed by atoms with Crippen LogP contribution < -0.4 is 10.5 Å². The molecule has 0 radical (unpaired) electrons. The summed E-state index contributed by atoms with van der Waals surface area (Å²) in [5, 5.41) is 0. The van der Waals surface area contributed by atoms with Crippen molar-refractivity contribution in [3.05, 3.63) is 92.7 Å². The first kappa shape index (κ1) is 27.0. The van der Waals surface area contributed by atoms with Gasteiger partial charge in [0.05, 0.1) is 12.3 Å². The standard InChI is InChI=1S/C15H17ClN2O2S.C10H15.Rh/c1-21(19,20)18-15(16,13-10-6-3-7-11-13)14(17)12-8-4-2-5-9-12;1-7-6-10(4,5)9(3)8(7)2;/h2-11,14,18H,17H2,1H3;1-5H3;/t14-,15-;;/m0../s1. The van der Waals surface area contributed by atoms with E-state index in [0.717, 1.165) is 11.8 Å². The molecule has 0 bridgehead atoms. The SMILES string of the molecule is CC1=C(C)C(C)(C)[C]([Rh])=C1C.CS(=O)(=O)N[C@@](Cl)(c1ccccc1)[C@@H](N)c1ccccc1. The number of nitrogens with two attached hydrogens (primary N) is 1. The van der Waals surface area contributed by atoms with E-state index in [1.165, 1.54) is 20.9 Å². The zero-order chi connectivity index (χ0) is 24.3. The number of halogens is 1. The molecule has 1 aliphatic carbocycles. The van der Waals surface area contributed by atoms with Crippen LogP contribution in [0.15, 0.2) is 81.6 Å². The van der Waals surface area contributed by atoms with Gasteiger partial charge in [-0.25, -0.2) is 8.42 Å². The number of rotatable bonds is 5. The third-order valence-corrected chi connectivity index (χ3v) is 9.00. The Bertz CT molecular complexity index is 1090. The summed E-state index contributed by atoms with van der Waals surface area (Å²) in [7, 11) is -3.54. The number of hydrogen-bond donors (Lipinski definition) is 2. The molecule has 0 aromatic heterocycles. The molecule has 2 aromatic rings. The molecule has 176 valence electrons. The molecule has 0 fully saturated rings. The normalized spacial score (nSPS) is 18.7. The average molecular weight is 563 g/mol. The van der Waals surface area contributed by atoms with Crippen molar-refractivity contribution in [2.24, 2.45) is 11.1 Å². The Hall–Kier alpha value is -1.30. The van der Waals surface area contributed by atoms with Gasteiger partial charge in [0.1, 0.15) is 0 Å². The second-order valence-corrected chi connectivity index (χ2v) is 11.8. The molecule has 2 aromatic carbocycles. The summed E-state index contributed by atoms with van der Waals surface area (Å²) in [5.74, 6) is 0. The predicted molar refractivity (Wildman–Crippen MR) is 130 cm³/mol. The molecule has 0 heterocycles. The fourth-order valence-electron chi connectivity index (χ4n) is 3.67. The van der Waals surface area contributed by atoms with Crippen molar-refractivity contribution >= 4 is 21.6 Å². The van der Waals surface area contributed by atoms with Gasteiger partial charge in [0.15, 0.2) is 5.00 Å². The predicted octanol–water partition coefficient (Wildman–Crippen LogP) is 5.51. The molecule has 7 heteroatoms. The van der Waals surface area contributed by atoms with E-state index in [0.29, 0.717) is 5.56 Å². The van der Waals surface area contributed by atoms with Crippen molar-refractivity contribution < 1.29 is 26.7 Å². The van der Waals surface area contributed by atoms with Crippen molar-refractivity contribution in [1.82, 2.24) is 4.72 Å². The van der Waals surface area contributed by atoms with E-state index in [4.69, 9.17) is 17.3 Å². The van der Waals surface area contributed by atoms with Crippen LogP contribution in [-0.2, 0) is 33.3 Å². The van der Waals surface area contributed by atoms with E-state index in [9.17, 15) is 8.42 Å². The van der Waals surface area contributed by atoms with Crippen LogP contribution in [0.2, 0.25) is 0 Å². The molecule has 0 amide bonds. The average Bonchev–Trinajstić information content (AvgIpc) is 2.88. The van der Waals surface area contributed by atoms with Gasteiger partial charge in [0.2, 0.25) is 10.0 Å². The fraction of sp³-hybridized carbons (Fsp3) is 0.360. The van der Waals surface area contributed by atoms with E-state index < -0.39 is 21.1 Å². The summed E-state index contributed by atoms with van der Waals surface area (Å²) in [6.45, 7) is 11.2.